The Labute approximate surface area is 172 Å². The third-order valence-corrected chi connectivity index (χ3v) is 6.19. The highest BCUT2D eigenvalue weighted by atomic mass is 79.9. The van der Waals surface area contributed by atoms with Crippen LogP contribution in [0.1, 0.15) is 32.9 Å². The Morgan fingerprint density at radius 3 is 2.79 bits per heavy atom. The van der Waals surface area contributed by atoms with Crippen molar-refractivity contribution in [2.24, 2.45) is 0 Å². The number of anilines is 1. The van der Waals surface area contributed by atoms with Crippen LogP contribution < -0.4 is 10.9 Å². The number of hydrogen-bond acceptors (Lipinski definition) is 6. The molecule has 1 aliphatic carbocycles. The van der Waals surface area contributed by atoms with Crippen LogP contribution in [0.15, 0.2) is 39.6 Å². The number of aromatic nitrogens is 2. The first-order valence-electron chi connectivity index (χ1n) is 8.43. The van der Waals surface area contributed by atoms with Crippen molar-refractivity contribution < 1.29 is 9.90 Å². The van der Waals surface area contributed by atoms with Crippen LogP contribution >= 0.6 is 27.3 Å². The molecule has 2 N–H and O–H groups in total. The van der Waals surface area contributed by atoms with E-state index in [1.54, 1.807) is 24.3 Å². The van der Waals surface area contributed by atoms with E-state index in [2.05, 4.69) is 32.4 Å². The minimum absolute atomic E-state index is 0.292. The van der Waals surface area contributed by atoms with Crippen molar-refractivity contribution in [3.63, 3.8) is 0 Å². The SMILES string of the molecule is N#Cc1c(NC(=O)c2nn(-c3ccc(Br)cc3)c(=O)cc2O)sc2c1CCC2. The minimum Gasteiger partial charge on any atom is -0.505 e. The van der Waals surface area contributed by atoms with Gasteiger partial charge < -0.3 is 10.4 Å². The molecule has 1 aromatic carbocycles. The first-order chi connectivity index (χ1) is 13.5. The first-order valence-corrected chi connectivity index (χ1v) is 10.0. The van der Waals surface area contributed by atoms with Gasteiger partial charge in [0.25, 0.3) is 11.5 Å². The molecule has 0 aliphatic heterocycles. The number of carbonyl (C=O) groups is 1. The van der Waals surface area contributed by atoms with Crippen LogP contribution in [0.5, 0.6) is 5.75 Å². The number of aryl methyl sites for hydroxylation is 1. The lowest BCUT2D eigenvalue weighted by Gasteiger charge is -2.09. The van der Waals surface area contributed by atoms with Gasteiger partial charge in [0.1, 0.15) is 11.1 Å². The van der Waals surface area contributed by atoms with Gasteiger partial charge in [0.05, 0.1) is 11.3 Å². The van der Waals surface area contributed by atoms with Gasteiger partial charge in [-0.2, -0.15) is 15.0 Å². The molecule has 0 atom stereocenters. The van der Waals surface area contributed by atoms with E-state index in [0.717, 1.165) is 44.9 Å². The highest BCUT2D eigenvalue weighted by molar-refractivity contribution is 9.10. The van der Waals surface area contributed by atoms with E-state index in [0.29, 0.717) is 16.3 Å². The number of rotatable bonds is 3. The van der Waals surface area contributed by atoms with Gasteiger partial charge in [0.15, 0.2) is 11.4 Å². The number of thiophene rings is 1. The van der Waals surface area contributed by atoms with Crippen LogP contribution in [0.3, 0.4) is 0 Å². The van der Waals surface area contributed by atoms with Gasteiger partial charge in [-0.05, 0) is 49.1 Å². The van der Waals surface area contributed by atoms with Crippen molar-refractivity contribution in [3.8, 4) is 17.5 Å². The van der Waals surface area contributed by atoms with Crippen molar-refractivity contribution in [1.29, 1.82) is 5.26 Å². The number of fused-ring (bicyclic) bond motifs is 1. The standard InChI is InChI=1S/C19H13BrN4O3S/c20-10-4-6-11(7-5-10)24-16(26)8-14(25)17(23-24)18(27)22-19-13(9-21)12-2-1-3-15(12)28-19/h4-8,25H,1-3H2,(H,22,27). The maximum atomic E-state index is 12.7. The Balaban J connectivity index is 1.70. The molecule has 4 rings (SSSR count). The molecule has 9 heteroatoms. The summed E-state index contributed by atoms with van der Waals surface area (Å²) in [6.45, 7) is 0. The van der Waals surface area contributed by atoms with Crippen LogP contribution in [-0.2, 0) is 12.8 Å². The van der Waals surface area contributed by atoms with Crippen LogP contribution in [-0.4, -0.2) is 20.8 Å². The van der Waals surface area contributed by atoms with E-state index in [1.807, 2.05) is 0 Å². The van der Waals surface area contributed by atoms with Gasteiger partial charge in [0.2, 0.25) is 0 Å². The van der Waals surface area contributed by atoms with Crippen LogP contribution in [0.25, 0.3) is 5.69 Å². The van der Waals surface area contributed by atoms with Gasteiger partial charge in [-0.25, -0.2) is 0 Å². The first kappa shape index (κ1) is 18.4. The molecule has 0 saturated heterocycles. The molecule has 3 aromatic rings. The summed E-state index contributed by atoms with van der Waals surface area (Å²) >= 11 is 4.69. The average Bonchev–Trinajstić information content (AvgIpc) is 3.23. The Morgan fingerprint density at radius 1 is 1.32 bits per heavy atom. The fourth-order valence-electron chi connectivity index (χ4n) is 3.15. The smallest absolute Gasteiger partial charge is 0.280 e. The summed E-state index contributed by atoms with van der Waals surface area (Å²) in [5.41, 5.74) is 1.05. The van der Waals surface area contributed by atoms with Crippen molar-refractivity contribution in [3.05, 3.63) is 66.9 Å². The summed E-state index contributed by atoms with van der Waals surface area (Å²) in [5.74, 6) is -1.20. The molecule has 2 aromatic heterocycles. The summed E-state index contributed by atoms with van der Waals surface area (Å²) < 4.78 is 1.87. The second-order valence-electron chi connectivity index (χ2n) is 6.23. The van der Waals surface area contributed by atoms with E-state index >= 15 is 0 Å². The molecule has 0 bridgehead atoms. The molecule has 2 heterocycles. The number of aromatic hydroxyl groups is 1. The third-order valence-electron chi connectivity index (χ3n) is 4.46. The maximum Gasteiger partial charge on any atom is 0.280 e. The van der Waals surface area contributed by atoms with Crippen molar-refractivity contribution in [2.75, 3.05) is 5.32 Å². The Kier molecular flexibility index (Phi) is 4.75. The summed E-state index contributed by atoms with van der Waals surface area (Å²) in [5, 5.41) is 26.7. The van der Waals surface area contributed by atoms with Gasteiger partial charge in [-0.1, -0.05) is 15.9 Å². The fraction of sp³-hybridized carbons (Fsp3) is 0.158. The molecule has 28 heavy (non-hydrogen) atoms. The lowest BCUT2D eigenvalue weighted by atomic mass is 10.1. The van der Waals surface area contributed by atoms with E-state index in [-0.39, 0.29) is 5.69 Å². The van der Waals surface area contributed by atoms with E-state index in [4.69, 9.17) is 0 Å². The summed E-state index contributed by atoms with van der Waals surface area (Å²) in [6, 6.07) is 9.90. The van der Waals surface area contributed by atoms with Crippen molar-refractivity contribution >= 4 is 38.2 Å². The zero-order valence-electron chi connectivity index (χ0n) is 14.4. The number of nitriles is 1. The average molecular weight is 457 g/mol. The second kappa shape index (κ2) is 7.22. The van der Waals surface area contributed by atoms with Crippen LogP contribution in [0.2, 0.25) is 0 Å². The normalized spacial score (nSPS) is 12.4. The number of hydrogen-bond donors (Lipinski definition) is 2. The summed E-state index contributed by atoms with van der Waals surface area (Å²) in [7, 11) is 0. The number of amides is 1. The number of carbonyl (C=O) groups excluding carboxylic acids is 1. The number of halogens is 1. The van der Waals surface area contributed by atoms with E-state index in [9.17, 15) is 20.0 Å². The lowest BCUT2D eigenvalue weighted by Crippen LogP contribution is -2.25. The van der Waals surface area contributed by atoms with Gasteiger partial charge in [0, 0.05) is 15.4 Å². The van der Waals surface area contributed by atoms with E-state index < -0.39 is 17.2 Å². The van der Waals surface area contributed by atoms with E-state index in [1.165, 1.54) is 11.3 Å². The van der Waals surface area contributed by atoms with Crippen LogP contribution in [0.4, 0.5) is 5.00 Å². The molecule has 0 unspecified atom stereocenters. The molecule has 7 nitrogen and oxygen atoms in total. The number of nitrogens with zero attached hydrogens (tertiary/aromatic N) is 3. The topological polar surface area (TPSA) is 108 Å². The third kappa shape index (κ3) is 3.21. The zero-order chi connectivity index (χ0) is 19.8. The summed E-state index contributed by atoms with van der Waals surface area (Å²) in [4.78, 5) is 26.0. The molecule has 1 aliphatic rings. The molecular weight excluding hydrogens is 444 g/mol. The molecule has 0 fully saturated rings. The van der Waals surface area contributed by atoms with Gasteiger partial charge in [-0.3, -0.25) is 9.59 Å². The van der Waals surface area contributed by atoms with Gasteiger partial charge in [-0.15, -0.1) is 11.3 Å². The monoisotopic (exact) mass is 456 g/mol. The molecule has 140 valence electrons. The van der Waals surface area contributed by atoms with Crippen LogP contribution in [0, 0.1) is 11.3 Å². The lowest BCUT2D eigenvalue weighted by molar-refractivity contribution is 0.101. The minimum atomic E-state index is -0.681. The highest BCUT2D eigenvalue weighted by Crippen LogP contribution is 2.38. The van der Waals surface area contributed by atoms with Gasteiger partial charge >= 0.3 is 0 Å². The highest BCUT2D eigenvalue weighted by Gasteiger charge is 2.25. The molecule has 0 spiro atoms. The second-order valence-corrected chi connectivity index (χ2v) is 8.25. The molecule has 0 saturated carbocycles. The number of nitrogens with one attached hydrogen (secondary N) is 1. The Hall–Kier alpha value is -2.96. The predicted octanol–water partition coefficient (Wildman–Crippen LogP) is 3.37. The zero-order valence-corrected chi connectivity index (χ0v) is 16.8. The molecule has 0 radical (unpaired) electrons. The predicted molar refractivity (Wildman–Crippen MR) is 108 cm³/mol. The quantitative estimate of drug-likeness (QED) is 0.627. The van der Waals surface area contributed by atoms with Crippen molar-refractivity contribution in [1.82, 2.24) is 9.78 Å². The van der Waals surface area contributed by atoms with Crippen molar-refractivity contribution in [2.45, 2.75) is 19.3 Å². The largest absolute Gasteiger partial charge is 0.505 e. The number of benzene rings is 1. The molecular formula is C19H13BrN4O3S. The summed E-state index contributed by atoms with van der Waals surface area (Å²) in [6.07, 6.45) is 2.72. The maximum absolute atomic E-state index is 12.7. The molecule has 1 amide bonds. The Morgan fingerprint density at radius 2 is 2.07 bits per heavy atom. The fourth-order valence-corrected chi connectivity index (χ4v) is 4.65. The Bertz CT molecular complexity index is 1190.